The largest absolute Gasteiger partial charge is 0.478 e. The molecule has 0 spiro atoms. The number of carboxylic acid groups (broad SMARTS) is 1. The van der Waals surface area contributed by atoms with Gasteiger partial charge in [0, 0.05) is 6.20 Å². The Bertz CT molecular complexity index is 675. The van der Waals surface area contributed by atoms with Crippen molar-refractivity contribution < 1.29 is 14.6 Å². The van der Waals surface area contributed by atoms with Crippen molar-refractivity contribution in [2.75, 3.05) is 0 Å². The Kier molecular flexibility index (Phi) is 3.44. The monoisotopic (exact) mass is 254 g/mol. The molecule has 19 heavy (non-hydrogen) atoms. The normalized spacial score (nSPS) is 9.68. The molecule has 0 radical (unpaired) electrons. The molecule has 5 heteroatoms. The van der Waals surface area contributed by atoms with Gasteiger partial charge in [-0.3, -0.25) is 0 Å². The summed E-state index contributed by atoms with van der Waals surface area (Å²) in [6, 6.07) is 9.76. The second-order valence-electron chi connectivity index (χ2n) is 3.85. The average Bonchev–Trinajstić information content (AvgIpc) is 2.41. The van der Waals surface area contributed by atoms with Gasteiger partial charge >= 0.3 is 5.97 Å². The molecule has 0 saturated carbocycles. The van der Waals surface area contributed by atoms with E-state index in [0.29, 0.717) is 17.1 Å². The van der Waals surface area contributed by atoms with E-state index < -0.39 is 5.97 Å². The number of benzene rings is 1. The van der Waals surface area contributed by atoms with Crippen LogP contribution in [0, 0.1) is 18.3 Å². The summed E-state index contributed by atoms with van der Waals surface area (Å²) < 4.78 is 5.59. The first-order valence-electron chi connectivity index (χ1n) is 5.48. The molecule has 1 aromatic heterocycles. The second kappa shape index (κ2) is 5.19. The van der Waals surface area contributed by atoms with Crippen LogP contribution in [0.15, 0.2) is 36.5 Å². The lowest BCUT2D eigenvalue weighted by atomic mass is 10.1. The predicted molar refractivity (Wildman–Crippen MR) is 67.2 cm³/mol. The number of carboxylic acids is 1. The van der Waals surface area contributed by atoms with Gasteiger partial charge in [0.05, 0.1) is 5.56 Å². The Morgan fingerprint density at radius 1 is 1.37 bits per heavy atom. The fourth-order valence-corrected chi connectivity index (χ4v) is 1.57. The predicted octanol–water partition coefficient (Wildman–Crippen LogP) is 2.75. The van der Waals surface area contributed by atoms with Crippen molar-refractivity contribution in [2.45, 2.75) is 6.92 Å². The van der Waals surface area contributed by atoms with Gasteiger partial charge in [-0.25, -0.2) is 9.78 Å². The molecule has 0 fully saturated rings. The third kappa shape index (κ3) is 2.69. The molecule has 0 saturated heterocycles. The zero-order valence-corrected chi connectivity index (χ0v) is 10.1. The van der Waals surface area contributed by atoms with Crippen LogP contribution in [0.2, 0.25) is 0 Å². The number of hydrogen-bond acceptors (Lipinski definition) is 4. The Morgan fingerprint density at radius 2 is 2.16 bits per heavy atom. The van der Waals surface area contributed by atoms with Crippen molar-refractivity contribution in [2.24, 2.45) is 0 Å². The first kappa shape index (κ1) is 12.6. The highest BCUT2D eigenvalue weighted by molar-refractivity contribution is 5.88. The average molecular weight is 254 g/mol. The molecule has 1 aromatic carbocycles. The lowest BCUT2D eigenvalue weighted by Gasteiger charge is -2.09. The van der Waals surface area contributed by atoms with Crippen LogP contribution in [0.25, 0.3) is 0 Å². The summed E-state index contributed by atoms with van der Waals surface area (Å²) in [7, 11) is 0. The van der Waals surface area contributed by atoms with Gasteiger partial charge in [-0.05, 0) is 42.8 Å². The van der Waals surface area contributed by atoms with Crippen molar-refractivity contribution in [3.05, 3.63) is 53.3 Å². The zero-order chi connectivity index (χ0) is 13.8. The SMILES string of the molecule is Cc1cc(C(=O)O)ccc1Oc1cccnc1C#N. The standard InChI is InChI=1S/C14H10N2O3/c1-9-7-10(14(17)18)4-5-12(9)19-13-3-2-6-16-11(13)8-15/h2-7H,1H3,(H,17,18). The van der Waals surface area contributed by atoms with Crippen LogP contribution in [0.1, 0.15) is 21.6 Å². The van der Waals surface area contributed by atoms with Crippen LogP contribution < -0.4 is 4.74 Å². The smallest absolute Gasteiger partial charge is 0.335 e. The number of aromatic nitrogens is 1. The Labute approximate surface area is 109 Å². The highest BCUT2D eigenvalue weighted by atomic mass is 16.5. The summed E-state index contributed by atoms with van der Waals surface area (Å²) >= 11 is 0. The summed E-state index contributed by atoms with van der Waals surface area (Å²) in [5, 5.41) is 17.8. The fourth-order valence-electron chi connectivity index (χ4n) is 1.57. The molecule has 0 unspecified atom stereocenters. The number of carbonyl (C=O) groups is 1. The molecule has 1 N–H and O–H groups in total. The maximum atomic E-state index is 10.8. The van der Waals surface area contributed by atoms with E-state index in [2.05, 4.69) is 4.98 Å². The minimum atomic E-state index is -0.992. The highest BCUT2D eigenvalue weighted by Gasteiger charge is 2.09. The summed E-state index contributed by atoms with van der Waals surface area (Å²) in [5.74, 6) is -0.153. The van der Waals surface area contributed by atoms with Crippen LogP contribution in [0.4, 0.5) is 0 Å². The highest BCUT2D eigenvalue weighted by Crippen LogP contribution is 2.27. The third-order valence-corrected chi connectivity index (χ3v) is 2.52. The Balaban J connectivity index is 2.34. The zero-order valence-electron chi connectivity index (χ0n) is 10.1. The summed E-state index contributed by atoms with van der Waals surface area (Å²) in [6.07, 6.45) is 1.51. The van der Waals surface area contributed by atoms with Crippen LogP contribution in [-0.4, -0.2) is 16.1 Å². The Morgan fingerprint density at radius 3 is 2.79 bits per heavy atom. The van der Waals surface area contributed by atoms with Gasteiger partial charge in [0.25, 0.3) is 0 Å². The van der Waals surface area contributed by atoms with Crippen LogP contribution in [-0.2, 0) is 0 Å². The molecule has 0 bridgehead atoms. The molecule has 0 amide bonds. The van der Waals surface area contributed by atoms with Crippen LogP contribution in [0.5, 0.6) is 11.5 Å². The minimum absolute atomic E-state index is 0.184. The van der Waals surface area contributed by atoms with E-state index in [1.165, 1.54) is 18.3 Å². The molecule has 5 nitrogen and oxygen atoms in total. The van der Waals surface area contributed by atoms with Crippen molar-refractivity contribution in [1.82, 2.24) is 4.98 Å². The molecule has 94 valence electrons. The molecule has 2 aromatic rings. The van der Waals surface area contributed by atoms with E-state index in [0.717, 1.165) is 0 Å². The number of nitrogens with zero attached hydrogens (tertiary/aromatic N) is 2. The van der Waals surface area contributed by atoms with E-state index in [9.17, 15) is 4.79 Å². The third-order valence-electron chi connectivity index (χ3n) is 2.52. The second-order valence-corrected chi connectivity index (χ2v) is 3.85. The number of ether oxygens (including phenoxy) is 1. The number of nitriles is 1. The van der Waals surface area contributed by atoms with Gasteiger partial charge in [-0.15, -0.1) is 0 Å². The van der Waals surface area contributed by atoms with Crippen LogP contribution in [0.3, 0.4) is 0 Å². The van der Waals surface area contributed by atoms with Gasteiger partial charge in [0.2, 0.25) is 0 Å². The van der Waals surface area contributed by atoms with E-state index in [-0.39, 0.29) is 11.3 Å². The molecule has 0 atom stereocenters. The van der Waals surface area contributed by atoms with Gasteiger partial charge in [-0.2, -0.15) is 5.26 Å². The maximum absolute atomic E-state index is 10.8. The van der Waals surface area contributed by atoms with Crippen molar-refractivity contribution in [3.63, 3.8) is 0 Å². The Hall–Kier alpha value is -2.87. The molecule has 1 heterocycles. The van der Waals surface area contributed by atoms with Gasteiger partial charge < -0.3 is 9.84 Å². The summed E-state index contributed by atoms with van der Waals surface area (Å²) in [5.41, 5.74) is 1.05. The lowest BCUT2D eigenvalue weighted by molar-refractivity contribution is 0.0697. The number of pyridine rings is 1. The summed E-state index contributed by atoms with van der Waals surface area (Å²) in [6.45, 7) is 1.74. The number of aryl methyl sites for hydroxylation is 1. The van der Waals surface area contributed by atoms with Gasteiger partial charge in [-0.1, -0.05) is 0 Å². The van der Waals surface area contributed by atoms with Crippen molar-refractivity contribution in [1.29, 1.82) is 5.26 Å². The van der Waals surface area contributed by atoms with E-state index in [1.54, 1.807) is 25.1 Å². The number of rotatable bonds is 3. The van der Waals surface area contributed by atoms with Gasteiger partial charge in [0.15, 0.2) is 11.4 Å². The topological polar surface area (TPSA) is 83.2 Å². The van der Waals surface area contributed by atoms with E-state index >= 15 is 0 Å². The lowest BCUT2D eigenvalue weighted by Crippen LogP contribution is -1.98. The summed E-state index contributed by atoms with van der Waals surface area (Å²) in [4.78, 5) is 14.7. The quantitative estimate of drug-likeness (QED) is 0.910. The molecular weight excluding hydrogens is 244 g/mol. The molecule has 0 aliphatic rings. The molecule has 0 aliphatic heterocycles. The maximum Gasteiger partial charge on any atom is 0.335 e. The fraction of sp³-hybridized carbons (Fsp3) is 0.0714. The minimum Gasteiger partial charge on any atom is -0.478 e. The van der Waals surface area contributed by atoms with E-state index in [1.807, 2.05) is 6.07 Å². The number of hydrogen-bond donors (Lipinski definition) is 1. The first-order valence-corrected chi connectivity index (χ1v) is 5.48. The van der Waals surface area contributed by atoms with E-state index in [4.69, 9.17) is 15.1 Å². The molecular formula is C14H10N2O3. The number of aromatic carboxylic acids is 1. The van der Waals surface area contributed by atoms with Gasteiger partial charge in [0.1, 0.15) is 11.8 Å². The molecule has 0 aliphatic carbocycles. The molecule has 2 rings (SSSR count). The van der Waals surface area contributed by atoms with Crippen LogP contribution >= 0.6 is 0 Å². The van der Waals surface area contributed by atoms with Crippen molar-refractivity contribution >= 4 is 5.97 Å². The van der Waals surface area contributed by atoms with Crippen molar-refractivity contribution in [3.8, 4) is 17.6 Å². The first-order chi connectivity index (χ1) is 9.11.